The molecule has 5 heteroatoms. The van der Waals surface area contributed by atoms with Gasteiger partial charge < -0.3 is 5.11 Å². The maximum Gasteiger partial charge on any atom is 0.421 e. The molecule has 1 atom stereocenters. The summed E-state index contributed by atoms with van der Waals surface area (Å²) in [6, 6.07) is 2.33. The molecule has 1 aromatic rings. The van der Waals surface area contributed by atoms with Gasteiger partial charge in [-0.2, -0.15) is 13.2 Å². The van der Waals surface area contributed by atoms with Crippen LogP contribution in [0, 0.1) is 0 Å². The van der Waals surface area contributed by atoms with Crippen LogP contribution in [0.2, 0.25) is 0 Å². The molecule has 1 rings (SSSR count). The smallest absolute Gasteiger partial charge is 0.376 e. The van der Waals surface area contributed by atoms with E-state index in [9.17, 15) is 18.3 Å². The zero-order valence-electron chi connectivity index (χ0n) is 7.54. The Labute approximate surface area is 79.4 Å². The summed E-state index contributed by atoms with van der Waals surface area (Å²) in [5.74, 6) is 0. The Balaban J connectivity index is 3.15. The van der Waals surface area contributed by atoms with E-state index in [-0.39, 0.29) is 5.56 Å². The van der Waals surface area contributed by atoms with Crippen molar-refractivity contribution in [2.24, 2.45) is 0 Å². The van der Waals surface area contributed by atoms with Gasteiger partial charge in [0.2, 0.25) is 0 Å². The Morgan fingerprint density at radius 3 is 2.14 bits per heavy atom. The topological polar surface area (TPSA) is 33.1 Å². The van der Waals surface area contributed by atoms with Crippen LogP contribution in [0.5, 0.6) is 0 Å². The summed E-state index contributed by atoms with van der Waals surface area (Å²) in [4.78, 5) is 3.60. The van der Waals surface area contributed by atoms with Crippen molar-refractivity contribution in [3.63, 3.8) is 0 Å². The largest absolute Gasteiger partial charge is 0.421 e. The van der Waals surface area contributed by atoms with Crippen LogP contribution in [0.1, 0.15) is 18.9 Å². The summed E-state index contributed by atoms with van der Waals surface area (Å²) >= 11 is 0. The molecule has 0 fully saturated rings. The minimum absolute atomic E-state index is 0.178. The molecule has 0 spiro atoms. The number of pyridine rings is 1. The summed E-state index contributed by atoms with van der Waals surface area (Å²) < 4.78 is 37.6. The molecule has 0 bridgehead atoms. The van der Waals surface area contributed by atoms with Crippen molar-refractivity contribution in [1.29, 1.82) is 0 Å². The molecule has 14 heavy (non-hydrogen) atoms. The molecule has 1 heterocycles. The predicted molar refractivity (Wildman–Crippen MR) is 44.5 cm³/mol. The number of aliphatic hydroxyl groups is 1. The van der Waals surface area contributed by atoms with Gasteiger partial charge in [0.15, 0.2) is 5.60 Å². The van der Waals surface area contributed by atoms with Gasteiger partial charge in [0.05, 0.1) is 0 Å². The Hall–Kier alpha value is -1.10. The third-order valence-electron chi connectivity index (χ3n) is 2.14. The Morgan fingerprint density at radius 2 is 1.79 bits per heavy atom. The number of nitrogens with zero attached hydrogens (tertiary/aromatic N) is 1. The van der Waals surface area contributed by atoms with Crippen molar-refractivity contribution >= 4 is 0 Å². The molecule has 78 valence electrons. The highest BCUT2D eigenvalue weighted by atomic mass is 19.4. The van der Waals surface area contributed by atoms with Crippen LogP contribution in [-0.4, -0.2) is 16.3 Å². The first-order chi connectivity index (χ1) is 6.42. The highest BCUT2D eigenvalue weighted by Gasteiger charge is 2.53. The van der Waals surface area contributed by atoms with Crippen LogP contribution >= 0.6 is 0 Å². The molecule has 2 nitrogen and oxygen atoms in total. The zero-order chi connectivity index (χ0) is 10.8. The first-order valence-corrected chi connectivity index (χ1v) is 4.11. The Bertz CT molecular complexity index is 299. The van der Waals surface area contributed by atoms with Gasteiger partial charge in [0.25, 0.3) is 0 Å². The van der Waals surface area contributed by atoms with E-state index in [1.807, 2.05) is 0 Å². The Morgan fingerprint density at radius 1 is 1.29 bits per heavy atom. The number of rotatable bonds is 2. The van der Waals surface area contributed by atoms with Gasteiger partial charge in [-0.1, -0.05) is 6.92 Å². The maximum atomic E-state index is 12.5. The van der Waals surface area contributed by atoms with Gasteiger partial charge in [-0.3, -0.25) is 4.98 Å². The number of alkyl halides is 3. The van der Waals surface area contributed by atoms with Crippen LogP contribution in [0.15, 0.2) is 24.5 Å². The van der Waals surface area contributed by atoms with Crippen molar-refractivity contribution < 1.29 is 18.3 Å². The van der Waals surface area contributed by atoms with E-state index < -0.39 is 18.2 Å². The van der Waals surface area contributed by atoms with Crippen molar-refractivity contribution in [1.82, 2.24) is 4.98 Å². The van der Waals surface area contributed by atoms with Crippen molar-refractivity contribution in [3.05, 3.63) is 30.1 Å². The van der Waals surface area contributed by atoms with Crippen LogP contribution in [0.3, 0.4) is 0 Å². The minimum Gasteiger partial charge on any atom is -0.376 e. The lowest BCUT2D eigenvalue weighted by atomic mass is 9.91. The molecule has 0 aliphatic rings. The van der Waals surface area contributed by atoms with Gasteiger partial charge in [-0.15, -0.1) is 0 Å². The first-order valence-electron chi connectivity index (χ1n) is 4.11. The molecule has 0 saturated heterocycles. The lowest BCUT2D eigenvalue weighted by Crippen LogP contribution is -2.41. The second-order valence-electron chi connectivity index (χ2n) is 2.95. The molecular formula is C9H10F3NO. The van der Waals surface area contributed by atoms with E-state index in [4.69, 9.17) is 0 Å². The SMILES string of the molecule is CCC(O)(c1ccncc1)C(F)(F)F. The van der Waals surface area contributed by atoms with Gasteiger partial charge in [0.1, 0.15) is 0 Å². The van der Waals surface area contributed by atoms with Crippen molar-refractivity contribution in [3.8, 4) is 0 Å². The molecule has 0 aliphatic heterocycles. The molecule has 0 radical (unpaired) electrons. The fourth-order valence-corrected chi connectivity index (χ4v) is 1.20. The number of hydrogen-bond acceptors (Lipinski definition) is 2. The third kappa shape index (κ3) is 1.72. The van der Waals surface area contributed by atoms with Gasteiger partial charge in [-0.05, 0) is 24.1 Å². The molecule has 1 N–H and O–H groups in total. The predicted octanol–water partition coefficient (Wildman–Crippen LogP) is 2.24. The summed E-state index contributed by atoms with van der Waals surface area (Å²) in [7, 11) is 0. The molecule has 1 unspecified atom stereocenters. The number of aromatic nitrogens is 1. The monoisotopic (exact) mass is 205 g/mol. The molecule has 0 aliphatic carbocycles. The second-order valence-corrected chi connectivity index (χ2v) is 2.95. The fraction of sp³-hybridized carbons (Fsp3) is 0.444. The standard InChI is InChI=1S/C9H10F3NO/c1-2-8(14,9(10,11)12)7-3-5-13-6-4-7/h3-6,14H,2H2,1H3. The average molecular weight is 205 g/mol. The first kappa shape index (κ1) is 11.0. The molecule has 0 saturated carbocycles. The minimum atomic E-state index is -4.66. The average Bonchev–Trinajstić information content (AvgIpc) is 2.16. The van der Waals surface area contributed by atoms with E-state index in [1.165, 1.54) is 19.3 Å². The molecular weight excluding hydrogens is 195 g/mol. The number of halogens is 3. The molecule has 1 aromatic heterocycles. The van der Waals surface area contributed by atoms with Crippen molar-refractivity contribution in [2.75, 3.05) is 0 Å². The lowest BCUT2D eigenvalue weighted by Gasteiger charge is -2.29. The van der Waals surface area contributed by atoms with Crippen LogP contribution in [0.25, 0.3) is 0 Å². The lowest BCUT2D eigenvalue weighted by molar-refractivity contribution is -0.267. The highest BCUT2D eigenvalue weighted by Crippen LogP contribution is 2.40. The second kappa shape index (κ2) is 3.57. The fourth-order valence-electron chi connectivity index (χ4n) is 1.20. The Kier molecular flexibility index (Phi) is 2.80. The van der Waals surface area contributed by atoms with Gasteiger partial charge >= 0.3 is 6.18 Å². The van der Waals surface area contributed by atoms with Gasteiger partial charge in [0, 0.05) is 12.4 Å². The van der Waals surface area contributed by atoms with Crippen LogP contribution in [-0.2, 0) is 5.60 Å². The maximum absolute atomic E-state index is 12.5. The summed E-state index contributed by atoms with van der Waals surface area (Å²) in [5, 5.41) is 9.48. The normalized spacial score (nSPS) is 16.4. The van der Waals surface area contributed by atoms with E-state index in [1.54, 1.807) is 0 Å². The summed E-state index contributed by atoms with van der Waals surface area (Å²) in [6.07, 6.45) is -2.63. The van der Waals surface area contributed by atoms with Crippen molar-refractivity contribution in [2.45, 2.75) is 25.1 Å². The van der Waals surface area contributed by atoms with Crippen LogP contribution < -0.4 is 0 Å². The quantitative estimate of drug-likeness (QED) is 0.803. The van der Waals surface area contributed by atoms with Crippen LogP contribution in [0.4, 0.5) is 13.2 Å². The molecule has 0 amide bonds. The third-order valence-corrected chi connectivity index (χ3v) is 2.14. The van der Waals surface area contributed by atoms with E-state index in [0.717, 1.165) is 12.1 Å². The summed E-state index contributed by atoms with van der Waals surface area (Å²) in [5.41, 5.74) is -2.95. The highest BCUT2D eigenvalue weighted by molar-refractivity contribution is 5.21. The summed E-state index contributed by atoms with van der Waals surface area (Å²) in [6.45, 7) is 1.29. The van der Waals surface area contributed by atoms with E-state index in [0.29, 0.717) is 0 Å². The van der Waals surface area contributed by atoms with E-state index >= 15 is 0 Å². The molecule has 0 aromatic carbocycles. The number of hydrogen-bond donors (Lipinski definition) is 1. The van der Waals surface area contributed by atoms with Gasteiger partial charge in [-0.25, -0.2) is 0 Å². The van der Waals surface area contributed by atoms with E-state index in [2.05, 4.69) is 4.98 Å². The zero-order valence-corrected chi connectivity index (χ0v) is 7.54.